The van der Waals surface area contributed by atoms with Gasteiger partial charge in [-0.15, -0.1) is 0 Å². The molecular formula is C14H15F3O3. The number of ketones is 1. The maximum Gasteiger partial charge on any atom is 0.411 e. The summed E-state index contributed by atoms with van der Waals surface area (Å²) in [6.07, 6.45) is -3.76. The van der Waals surface area contributed by atoms with Crippen molar-refractivity contribution in [3.8, 4) is 5.75 Å². The molecule has 1 aromatic carbocycles. The van der Waals surface area contributed by atoms with Crippen molar-refractivity contribution < 1.29 is 27.4 Å². The minimum atomic E-state index is -4.42. The summed E-state index contributed by atoms with van der Waals surface area (Å²) >= 11 is 0. The van der Waals surface area contributed by atoms with E-state index in [9.17, 15) is 18.0 Å². The Balaban J connectivity index is 1.99. The summed E-state index contributed by atoms with van der Waals surface area (Å²) in [5, 5.41) is 0. The molecule has 6 heteroatoms. The maximum absolute atomic E-state index is 11.9. The lowest BCUT2D eigenvalue weighted by Gasteiger charge is -2.16. The lowest BCUT2D eigenvalue weighted by molar-refractivity contribution is -0.170. The lowest BCUT2D eigenvalue weighted by atomic mass is 9.99. The lowest BCUT2D eigenvalue weighted by Crippen LogP contribution is -2.24. The normalized spacial score (nSPS) is 16.6. The van der Waals surface area contributed by atoms with Crippen LogP contribution in [0.3, 0.4) is 0 Å². The standard InChI is InChI=1S/C14H15F3O3/c1-13(2)6-10-5-9(3-4-12(10)20-13)11(18)7-19-8-14(15,16)17/h3-5H,6-8H2,1-2H3. The molecule has 2 rings (SSSR count). The molecule has 1 heterocycles. The summed E-state index contributed by atoms with van der Waals surface area (Å²) in [5.74, 6) is 0.240. The van der Waals surface area contributed by atoms with Crippen molar-refractivity contribution >= 4 is 5.78 Å². The van der Waals surface area contributed by atoms with Gasteiger partial charge in [-0.25, -0.2) is 0 Å². The highest BCUT2D eigenvalue weighted by atomic mass is 19.4. The first-order valence-electron chi connectivity index (χ1n) is 6.16. The monoisotopic (exact) mass is 288 g/mol. The van der Waals surface area contributed by atoms with E-state index in [0.29, 0.717) is 17.7 Å². The van der Waals surface area contributed by atoms with E-state index in [1.807, 2.05) is 13.8 Å². The van der Waals surface area contributed by atoms with E-state index in [-0.39, 0.29) is 5.60 Å². The molecule has 3 nitrogen and oxygen atoms in total. The quantitative estimate of drug-likeness (QED) is 0.798. The molecule has 1 aliphatic heterocycles. The first kappa shape index (κ1) is 14.8. The van der Waals surface area contributed by atoms with Crippen LogP contribution in [0.4, 0.5) is 13.2 Å². The molecule has 0 unspecified atom stereocenters. The number of halogens is 3. The number of Topliss-reactive ketones (excluding diaryl/α,β-unsaturated/α-hetero) is 1. The van der Waals surface area contributed by atoms with E-state index in [4.69, 9.17) is 4.74 Å². The van der Waals surface area contributed by atoms with Crippen LogP contribution in [-0.2, 0) is 11.2 Å². The number of benzene rings is 1. The van der Waals surface area contributed by atoms with Crippen LogP contribution >= 0.6 is 0 Å². The average Bonchev–Trinajstić information content (AvgIpc) is 2.59. The zero-order valence-electron chi connectivity index (χ0n) is 11.2. The highest BCUT2D eigenvalue weighted by Crippen LogP contribution is 2.35. The second-order valence-corrected chi connectivity index (χ2v) is 5.39. The van der Waals surface area contributed by atoms with Gasteiger partial charge in [-0.2, -0.15) is 13.2 Å². The number of fused-ring (bicyclic) bond motifs is 1. The van der Waals surface area contributed by atoms with Gasteiger partial charge in [0.05, 0.1) is 0 Å². The van der Waals surface area contributed by atoms with Gasteiger partial charge in [0.25, 0.3) is 0 Å². The fraction of sp³-hybridized carbons (Fsp3) is 0.500. The van der Waals surface area contributed by atoms with Gasteiger partial charge in [0, 0.05) is 12.0 Å². The summed E-state index contributed by atoms with van der Waals surface area (Å²) in [5.41, 5.74) is 0.903. The van der Waals surface area contributed by atoms with Gasteiger partial charge in [-0.3, -0.25) is 4.79 Å². The summed E-state index contributed by atoms with van der Waals surface area (Å²) in [6.45, 7) is 1.87. The third kappa shape index (κ3) is 3.72. The molecule has 1 aliphatic rings. The second kappa shape index (κ2) is 5.09. The van der Waals surface area contributed by atoms with Crippen LogP contribution in [0.5, 0.6) is 5.75 Å². The predicted molar refractivity (Wildman–Crippen MR) is 66.1 cm³/mol. The number of carbonyl (C=O) groups is 1. The third-order valence-electron chi connectivity index (χ3n) is 2.88. The van der Waals surface area contributed by atoms with Crippen LogP contribution in [0.15, 0.2) is 18.2 Å². The Morgan fingerprint density at radius 1 is 1.40 bits per heavy atom. The van der Waals surface area contributed by atoms with E-state index < -0.39 is 25.2 Å². The fourth-order valence-corrected chi connectivity index (χ4v) is 2.13. The summed E-state index contributed by atoms with van der Waals surface area (Å²) < 4.78 is 45.8. The van der Waals surface area contributed by atoms with Crippen molar-refractivity contribution in [2.45, 2.75) is 32.0 Å². The van der Waals surface area contributed by atoms with Crippen LogP contribution < -0.4 is 4.74 Å². The van der Waals surface area contributed by atoms with Gasteiger partial charge >= 0.3 is 6.18 Å². The topological polar surface area (TPSA) is 35.5 Å². The molecule has 0 spiro atoms. The molecule has 0 aromatic heterocycles. The number of rotatable bonds is 4. The van der Waals surface area contributed by atoms with E-state index in [1.165, 1.54) is 0 Å². The Hall–Kier alpha value is -1.56. The van der Waals surface area contributed by atoms with Crippen molar-refractivity contribution in [1.29, 1.82) is 0 Å². The summed E-state index contributed by atoms with van der Waals surface area (Å²) in [4.78, 5) is 11.8. The molecule has 110 valence electrons. The Labute approximate surface area is 114 Å². The molecule has 0 amide bonds. The molecule has 0 radical (unpaired) electrons. The first-order chi connectivity index (χ1) is 9.16. The average molecular weight is 288 g/mol. The maximum atomic E-state index is 11.9. The van der Waals surface area contributed by atoms with Crippen molar-refractivity contribution in [2.24, 2.45) is 0 Å². The van der Waals surface area contributed by atoms with E-state index in [1.54, 1.807) is 18.2 Å². The van der Waals surface area contributed by atoms with Gasteiger partial charge in [0.2, 0.25) is 0 Å². The molecule has 0 aliphatic carbocycles. The number of hydrogen-bond donors (Lipinski definition) is 0. The highest BCUT2D eigenvalue weighted by molar-refractivity contribution is 5.97. The van der Waals surface area contributed by atoms with E-state index in [2.05, 4.69) is 4.74 Å². The molecule has 0 bridgehead atoms. The molecular weight excluding hydrogens is 273 g/mol. The smallest absolute Gasteiger partial charge is 0.411 e. The molecule has 20 heavy (non-hydrogen) atoms. The Morgan fingerprint density at radius 3 is 2.75 bits per heavy atom. The van der Waals surface area contributed by atoms with E-state index >= 15 is 0 Å². The first-order valence-corrected chi connectivity index (χ1v) is 6.16. The van der Waals surface area contributed by atoms with Crippen LogP contribution in [0.2, 0.25) is 0 Å². The molecule has 0 atom stereocenters. The zero-order chi connectivity index (χ0) is 15.0. The zero-order valence-corrected chi connectivity index (χ0v) is 11.2. The summed E-state index contributed by atoms with van der Waals surface area (Å²) in [6, 6.07) is 4.87. The Bertz CT molecular complexity index is 521. The molecule has 1 aromatic rings. The molecule has 0 saturated heterocycles. The van der Waals surface area contributed by atoms with Crippen molar-refractivity contribution in [3.05, 3.63) is 29.3 Å². The Morgan fingerprint density at radius 2 is 2.10 bits per heavy atom. The minimum Gasteiger partial charge on any atom is -0.487 e. The predicted octanol–water partition coefficient (Wildman–Crippen LogP) is 3.16. The number of carbonyl (C=O) groups excluding carboxylic acids is 1. The van der Waals surface area contributed by atoms with Gasteiger partial charge < -0.3 is 9.47 Å². The van der Waals surface area contributed by atoms with Crippen molar-refractivity contribution in [2.75, 3.05) is 13.2 Å². The number of alkyl halides is 3. The largest absolute Gasteiger partial charge is 0.487 e. The van der Waals surface area contributed by atoms with Crippen molar-refractivity contribution in [3.63, 3.8) is 0 Å². The van der Waals surface area contributed by atoms with Gasteiger partial charge in [-0.05, 0) is 37.6 Å². The minimum absolute atomic E-state index is 0.323. The van der Waals surface area contributed by atoms with Crippen LogP contribution in [0.25, 0.3) is 0 Å². The molecule has 0 saturated carbocycles. The molecule has 0 N–H and O–H groups in total. The van der Waals surface area contributed by atoms with Crippen LogP contribution in [0, 0.1) is 0 Å². The third-order valence-corrected chi connectivity index (χ3v) is 2.88. The van der Waals surface area contributed by atoms with E-state index in [0.717, 1.165) is 5.56 Å². The van der Waals surface area contributed by atoms with Crippen molar-refractivity contribution in [1.82, 2.24) is 0 Å². The number of hydrogen-bond acceptors (Lipinski definition) is 3. The fourth-order valence-electron chi connectivity index (χ4n) is 2.13. The molecule has 0 fully saturated rings. The Kier molecular flexibility index (Phi) is 3.77. The summed E-state index contributed by atoms with van der Waals surface area (Å²) in [7, 11) is 0. The van der Waals surface area contributed by atoms with Gasteiger partial charge in [0.1, 0.15) is 24.6 Å². The second-order valence-electron chi connectivity index (χ2n) is 5.39. The van der Waals surface area contributed by atoms with Crippen LogP contribution in [-0.4, -0.2) is 30.8 Å². The highest BCUT2D eigenvalue weighted by Gasteiger charge is 2.31. The number of ether oxygens (including phenoxy) is 2. The van der Waals surface area contributed by atoms with Gasteiger partial charge in [0.15, 0.2) is 5.78 Å². The SMILES string of the molecule is CC1(C)Cc2cc(C(=O)COCC(F)(F)F)ccc2O1. The van der Waals surface area contributed by atoms with Crippen LogP contribution in [0.1, 0.15) is 29.8 Å². The van der Waals surface area contributed by atoms with Gasteiger partial charge in [-0.1, -0.05) is 0 Å².